The molecule has 6 heteroatoms. The fourth-order valence-corrected chi connectivity index (χ4v) is 2.34. The van der Waals surface area contributed by atoms with Crippen LogP contribution in [0.25, 0.3) is 0 Å². The first kappa shape index (κ1) is 12.8. The monoisotopic (exact) mass is 265 g/mol. The van der Waals surface area contributed by atoms with E-state index in [1.54, 1.807) is 11.3 Å². The molecular weight excluding hydrogens is 250 g/mol. The number of aryl methyl sites for hydroxylation is 1. The van der Waals surface area contributed by atoms with Crippen LogP contribution in [0.15, 0.2) is 23.0 Å². The van der Waals surface area contributed by atoms with Crippen LogP contribution in [-0.2, 0) is 17.8 Å². The van der Waals surface area contributed by atoms with Crippen molar-refractivity contribution >= 4 is 17.3 Å². The quantitative estimate of drug-likeness (QED) is 0.779. The van der Waals surface area contributed by atoms with E-state index in [9.17, 15) is 4.79 Å². The first-order valence-electron chi connectivity index (χ1n) is 5.86. The minimum absolute atomic E-state index is 0.225. The van der Waals surface area contributed by atoms with E-state index in [-0.39, 0.29) is 6.42 Å². The van der Waals surface area contributed by atoms with E-state index >= 15 is 0 Å². The molecule has 0 bridgehead atoms. The number of carbonyl (C=O) groups is 1. The summed E-state index contributed by atoms with van der Waals surface area (Å²) in [4.78, 5) is 10.4. The molecule has 0 fully saturated rings. The summed E-state index contributed by atoms with van der Waals surface area (Å²) in [7, 11) is 0. The lowest BCUT2D eigenvalue weighted by Gasteiger charge is -1.96. The molecule has 2 rings (SSSR count). The van der Waals surface area contributed by atoms with Crippen molar-refractivity contribution in [3.8, 4) is 0 Å². The summed E-state index contributed by atoms with van der Waals surface area (Å²) in [5.41, 5.74) is 2.15. The van der Waals surface area contributed by atoms with E-state index in [0.717, 1.165) is 25.1 Å². The molecule has 0 spiro atoms. The van der Waals surface area contributed by atoms with Gasteiger partial charge in [-0.1, -0.05) is 5.21 Å². The highest BCUT2D eigenvalue weighted by Crippen LogP contribution is 2.08. The number of hydrogen-bond donors (Lipinski definition) is 1. The van der Waals surface area contributed by atoms with Gasteiger partial charge in [-0.15, -0.1) is 5.10 Å². The fraction of sp³-hybridized carbons (Fsp3) is 0.417. The van der Waals surface area contributed by atoms with Crippen LogP contribution >= 0.6 is 11.3 Å². The van der Waals surface area contributed by atoms with Gasteiger partial charge >= 0.3 is 5.97 Å². The summed E-state index contributed by atoms with van der Waals surface area (Å²) in [6.07, 6.45) is 4.47. The van der Waals surface area contributed by atoms with Crippen molar-refractivity contribution in [3.05, 3.63) is 34.3 Å². The molecule has 2 aromatic rings. The Kier molecular flexibility index (Phi) is 4.46. The second kappa shape index (κ2) is 6.30. The summed E-state index contributed by atoms with van der Waals surface area (Å²) in [6.45, 7) is 0.742. The number of nitrogens with zero attached hydrogens (tertiary/aromatic N) is 3. The van der Waals surface area contributed by atoms with Crippen LogP contribution in [0.2, 0.25) is 0 Å². The Morgan fingerprint density at radius 2 is 2.33 bits per heavy atom. The van der Waals surface area contributed by atoms with Crippen molar-refractivity contribution in [1.82, 2.24) is 15.0 Å². The molecule has 2 heterocycles. The predicted octanol–water partition coefficient (Wildman–Crippen LogP) is 2.19. The molecule has 2 aromatic heterocycles. The van der Waals surface area contributed by atoms with E-state index in [1.807, 2.05) is 16.3 Å². The number of rotatable bonds is 7. The largest absolute Gasteiger partial charge is 0.481 e. The molecule has 0 aliphatic rings. The summed E-state index contributed by atoms with van der Waals surface area (Å²) < 4.78 is 1.81. The van der Waals surface area contributed by atoms with Crippen molar-refractivity contribution in [2.75, 3.05) is 0 Å². The Hall–Kier alpha value is -1.69. The van der Waals surface area contributed by atoms with Gasteiger partial charge in [-0.3, -0.25) is 4.79 Å². The zero-order valence-corrected chi connectivity index (χ0v) is 10.8. The molecule has 0 radical (unpaired) electrons. The third-order valence-corrected chi connectivity index (χ3v) is 3.32. The second-order valence-electron chi connectivity index (χ2n) is 4.14. The molecule has 0 aromatic carbocycles. The maximum atomic E-state index is 10.4. The molecule has 1 N–H and O–H groups in total. The number of aliphatic carboxylic acids is 1. The minimum Gasteiger partial charge on any atom is -0.481 e. The van der Waals surface area contributed by atoms with Gasteiger partial charge in [0.15, 0.2) is 0 Å². The highest BCUT2D eigenvalue weighted by molar-refractivity contribution is 7.07. The zero-order chi connectivity index (χ0) is 12.8. The minimum atomic E-state index is -0.740. The molecule has 0 amide bonds. The van der Waals surface area contributed by atoms with Crippen LogP contribution in [0, 0.1) is 0 Å². The van der Waals surface area contributed by atoms with Crippen molar-refractivity contribution in [1.29, 1.82) is 0 Å². The van der Waals surface area contributed by atoms with Gasteiger partial charge in [0.05, 0.1) is 12.2 Å². The van der Waals surface area contributed by atoms with Gasteiger partial charge in [-0.25, -0.2) is 4.68 Å². The Bertz CT molecular complexity index is 493. The number of hydrogen-bond acceptors (Lipinski definition) is 4. The maximum Gasteiger partial charge on any atom is 0.303 e. The van der Waals surface area contributed by atoms with Gasteiger partial charge in [-0.2, -0.15) is 11.3 Å². The van der Waals surface area contributed by atoms with Gasteiger partial charge in [0.1, 0.15) is 0 Å². The summed E-state index contributed by atoms with van der Waals surface area (Å²) in [5, 5.41) is 20.8. The van der Waals surface area contributed by atoms with Gasteiger partial charge in [0.25, 0.3) is 0 Å². The molecule has 0 saturated carbocycles. The van der Waals surface area contributed by atoms with E-state index < -0.39 is 5.97 Å². The van der Waals surface area contributed by atoms with Crippen LogP contribution in [0.1, 0.15) is 30.5 Å². The molecule has 18 heavy (non-hydrogen) atoms. The molecule has 0 atom stereocenters. The molecular formula is C12H15N3O2S. The third-order valence-electron chi connectivity index (χ3n) is 2.58. The van der Waals surface area contributed by atoms with Gasteiger partial charge in [-0.05, 0) is 41.7 Å². The number of carboxylic acid groups (broad SMARTS) is 1. The van der Waals surface area contributed by atoms with Crippen molar-refractivity contribution in [2.45, 2.75) is 32.2 Å². The van der Waals surface area contributed by atoms with Crippen LogP contribution < -0.4 is 0 Å². The highest BCUT2D eigenvalue weighted by atomic mass is 32.1. The molecule has 5 nitrogen and oxygen atoms in total. The van der Waals surface area contributed by atoms with Crippen molar-refractivity contribution < 1.29 is 9.90 Å². The molecule has 0 saturated heterocycles. The number of carboxylic acids is 1. The summed E-state index contributed by atoms with van der Waals surface area (Å²) in [5.74, 6) is -0.740. The van der Waals surface area contributed by atoms with Crippen LogP contribution in [0.3, 0.4) is 0 Å². The van der Waals surface area contributed by atoms with Crippen LogP contribution in [0.5, 0.6) is 0 Å². The first-order valence-corrected chi connectivity index (χ1v) is 6.80. The van der Waals surface area contributed by atoms with Gasteiger partial charge < -0.3 is 5.11 Å². The second-order valence-corrected chi connectivity index (χ2v) is 4.92. The smallest absolute Gasteiger partial charge is 0.303 e. The van der Waals surface area contributed by atoms with E-state index in [1.165, 1.54) is 5.56 Å². The number of unbranched alkanes of at least 4 members (excludes halogenated alkanes) is 1. The average molecular weight is 265 g/mol. The third kappa shape index (κ3) is 3.96. The standard InChI is InChI=1S/C12H15N3O2S/c16-12(17)4-2-1-3-11-8-15(14-13-11)7-10-5-6-18-9-10/h5-6,8-9H,1-4,7H2,(H,16,17). The lowest BCUT2D eigenvalue weighted by molar-refractivity contribution is -0.137. The van der Waals surface area contributed by atoms with Gasteiger partial charge in [0, 0.05) is 12.6 Å². The van der Waals surface area contributed by atoms with Crippen molar-refractivity contribution in [2.24, 2.45) is 0 Å². The van der Waals surface area contributed by atoms with E-state index in [2.05, 4.69) is 21.8 Å². The Balaban J connectivity index is 1.77. The Labute approximate surface area is 109 Å². The summed E-state index contributed by atoms with van der Waals surface area (Å²) in [6, 6.07) is 2.07. The Morgan fingerprint density at radius 1 is 1.44 bits per heavy atom. The lowest BCUT2D eigenvalue weighted by Crippen LogP contribution is -1.98. The maximum absolute atomic E-state index is 10.4. The predicted molar refractivity (Wildman–Crippen MR) is 68.6 cm³/mol. The van der Waals surface area contributed by atoms with Crippen LogP contribution in [-0.4, -0.2) is 26.1 Å². The van der Waals surface area contributed by atoms with E-state index in [0.29, 0.717) is 6.42 Å². The lowest BCUT2D eigenvalue weighted by atomic mass is 10.1. The molecule has 0 aliphatic carbocycles. The molecule has 0 aliphatic heterocycles. The SMILES string of the molecule is O=C(O)CCCCc1cn(Cc2ccsc2)nn1. The normalized spacial score (nSPS) is 10.7. The average Bonchev–Trinajstić information content (AvgIpc) is 2.97. The number of aromatic nitrogens is 3. The summed E-state index contributed by atoms with van der Waals surface area (Å²) >= 11 is 1.67. The fourth-order valence-electron chi connectivity index (χ4n) is 1.68. The molecule has 96 valence electrons. The first-order chi connectivity index (χ1) is 8.74. The number of thiophene rings is 1. The van der Waals surface area contributed by atoms with E-state index in [4.69, 9.17) is 5.11 Å². The van der Waals surface area contributed by atoms with Gasteiger partial charge in [0.2, 0.25) is 0 Å². The van der Waals surface area contributed by atoms with Crippen LogP contribution in [0.4, 0.5) is 0 Å². The Morgan fingerprint density at radius 3 is 3.06 bits per heavy atom. The topological polar surface area (TPSA) is 68.0 Å². The van der Waals surface area contributed by atoms with Crippen molar-refractivity contribution in [3.63, 3.8) is 0 Å². The zero-order valence-electron chi connectivity index (χ0n) is 9.95. The highest BCUT2D eigenvalue weighted by Gasteiger charge is 2.03. The molecule has 0 unspecified atom stereocenters.